The highest BCUT2D eigenvalue weighted by molar-refractivity contribution is 6.30. The summed E-state index contributed by atoms with van der Waals surface area (Å²) in [7, 11) is 0. The SMILES string of the molecule is CC(=O)COC(=O)CNC(=O)c1ccc(Cl)cc1. The van der Waals surface area contributed by atoms with Gasteiger partial charge in [0.1, 0.15) is 13.2 Å². The molecule has 1 N–H and O–H groups in total. The van der Waals surface area contributed by atoms with Gasteiger partial charge in [0.05, 0.1) is 0 Å². The van der Waals surface area contributed by atoms with Crippen LogP contribution in [0.25, 0.3) is 0 Å². The van der Waals surface area contributed by atoms with Gasteiger partial charge in [-0.1, -0.05) is 11.6 Å². The number of hydrogen-bond donors (Lipinski definition) is 1. The molecule has 0 radical (unpaired) electrons. The molecule has 5 nitrogen and oxygen atoms in total. The molecule has 0 unspecified atom stereocenters. The minimum absolute atomic E-state index is 0.257. The smallest absolute Gasteiger partial charge is 0.325 e. The van der Waals surface area contributed by atoms with Crippen molar-refractivity contribution in [1.82, 2.24) is 5.32 Å². The lowest BCUT2D eigenvalue weighted by molar-refractivity contribution is -0.146. The van der Waals surface area contributed by atoms with Gasteiger partial charge >= 0.3 is 5.97 Å². The summed E-state index contributed by atoms with van der Waals surface area (Å²) in [5.74, 6) is -1.33. The summed E-state index contributed by atoms with van der Waals surface area (Å²) in [5.41, 5.74) is 0.388. The molecule has 0 aromatic heterocycles. The molecule has 6 heteroatoms. The predicted molar refractivity (Wildman–Crippen MR) is 65.4 cm³/mol. The fraction of sp³-hybridized carbons (Fsp3) is 0.250. The van der Waals surface area contributed by atoms with Crippen LogP contribution in [0.15, 0.2) is 24.3 Å². The van der Waals surface area contributed by atoms with Crippen molar-refractivity contribution in [2.45, 2.75) is 6.92 Å². The van der Waals surface area contributed by atoms with E-state index in [0.717, 1.165) is 0 Å². The maximum atomic E-state index is 11.6. The van der Waals surface area contributed by atoms with E-state index in [4.69, 9.17) is 11.6 Å². The van der Waals surface area contributed by atoms with E-state index < -0.39 is 11.9 Å². The van der Waals surface area contributed by atoms with Crippen LogP contribution in [0.2, 0.25) is 5.02 Å². The van der Waals surface area contributed by atoms with Gasteiger partial charge in [0.25, 0.3) is 5.91 Å². The summed E-state index contributed by atoms with van der Waals surface area (Å²) >= 11 is 5.68. The molecular weight excluding hydrogens is 258 g/mol. The molecule has 0 aliphatic heterocycles. The number of nitrogens with one attached hydrogen (secondary N) is 1. The van der Waals surface area contributed by atoms with E-state index in [2.05, 4.69) is 10.1 Å². The van der Waals surface area contributed by atoms with Crippen molar-refractivity contribution in [3.05, 3.63) is 34.9 Å². The Morgan fingerprint density at radius 2 is 1.83 bits per heavy atom. The van der Waals surface area contributed by atoms with E-state index in [9.17, 15) is 14.4 Å². The molecule has 0 bridgehead atoms. The second-order valence-electron chi connectivity index (χ2n) is 3.55. The number of carbonyl (C=O) groups excluding carboxylic acids is 3. The van der Waals surface area contributed by atoms with E-state index in [0.29, 0.717) is 10.6 Å². The standard InChI is InChI=1S/C12H12ClNO4/c1-8(15)7-18-11(16)6-14-12(17)9-2-4-10(13)5-3-9/h2-5H,6-7H2,1H3,(H,14,17). The molecule has 0 aliphatic carbocycles. The molecule has 0 spiro atoms. The van der Waals surface area contributed by atoms with Crippen molar-refractivity contribution in [1.29, 1.82) is 0 Å². The summed E-state index contributed by atoms with van der Waals surface area (Å²) in [6.07, 6.45) is 0. The van der Waals surface area contributed by atoms with Crippen molar-refractivity contribution in [3.63, 3.8) is 0 Å². The predicted octanol–water partition coefficient (Wildman–Crippen LogP) is 1.20. The number of ether oxygens (including phenoxy) is 1. The number of hydrogen-bond acceptors (Lipinski definition) is 4. The normalized spacial score (nSPS) is 9.67. The average Bonchev–Trinajstić information content (AvgIpc) is 2.34. The number of carbonyl (C=O) groups is 3. The second kappa shape index (κ2) is 6.76. The number of Topliss-reactive ketones (excluding diaryl/α,β-unsaturated/α-hetero) is 1. The zero-order chi connectivity index (χ0) is 13.5. The van der Waals surface area contributed by atoms with E-state index in [1.54, 1.807) is 24.3 Å². The summed E-state index contributed by atoms with van der Waals surface area (Å²) in [4.78, 5) is 33.3. The maximum Gasteiger partial charge on any atom is 0.325 e. The minimum Gasteiger partial charge on any atom is -0.456 e. The Balaban J connectivity index is 2.39. The number of esters is 1. The fourth-order valence-corrected chi connectivity index (χ4v) is 1.21. The fourth-order valence-electron chi connectivity index (χ4n) is 1.09. The Morgan fingerprint density at radius 3 is 2.39 bits per heavy atom. The monoisotopic (exact) mass is 269 g/mol. The van der Waals surface area contributed by atoms with Gasteiger partial charge in [-0.2, -0.15) is 0 Å². The number of amides is 1. The highest BCUT2D eigenvalue weighted by Gasteiger charge is 2.09. The quantitative estimate of drug-likeness (QED) is 0.816. The molecule has 1 amide bonds. The Labute approximate surface area is 109 Å². The molecule has 1 aromatic rings. The van der Waals surface area contributed by atoms with Crippen molar-refractivity contribution in [2.24, 2.45) is 0 Å². The van der Waals surface area contributed by atoms with E-state index in [-0.39, 0.29) is 18.9 Å². The number of benzene rings is 1. The largest absolute Gasteiger partial charge is 0.456 e. The molecule has 0 aliphatic rings. The topological polar surface area (TPSA) is 72.5 Å². The van der Waals surface area contributed by atoms with Crippen LogP contribution in [0.5, 0.6) is 0 Å². The van der Waals surface area contributed by atoms with Gasteiger partial charge in [0, 0.05) is 10.6 Å². The van der Waals surface area contributed by atoms with Gasteiger partial charge in [-0.25, -0.2) is 0 Å². The van der Waals surface area contributed by atoms with Crippen molar-refractivity contribution < 1.29 is 19.1 Å². The summed E-state index contributed by atoms with van der Waals surface area (Å²) < 4.78 is 4.58. The molecule has 96 valence electrons. The lowest BCUT2D eigenvalue weighted by Crippen LogP contribution is -2.31. The number of rotatable bonds is 5. The van der Waals surface area contributed by atoms with Crippen molar-refractivity contribution >= 4 is 29.3 Å². The zero-order valence-electron chi connectivity index (χ0n) is 9.73. The molecule has 1 aromatic carbocycles. The van der Waals surface area contributed by atoms with Gasteiger partial charge < -0.3 is 10.1 Å². The summed E-state index contributed by atoms with van der Waals surface area (Å²) in [6, 6.07) is 6.23. The third kappa shape index (κ3) is 4.97. The number of ketones is 1. The first kappa shape index (κ1) is 14.2. The van der Waals surface area contributed by atoms with Gasteiger partial charge in [-0.3, -0.25) is 14.4 Å². The van der Waals surface area contributed by atoms with Crippen molar-refractivity contribution in [2.75, 3.05) is 13.2 Å². The molecule has 0 saturated carbocycles. The highest BCUT2D eigenvalue weighted by Crippen LogP contribution is 2.09. The molecule has 18 heavy (non-hydrogen) atoms. The second-order valence-corrected chi connectivity index (χ2v) is 3.99. The van der Waals surface area contributed by atoms with E-state index >= 15 is 0 Å². The molecule has 0 fully saturated rings. The lowest BCUT2D eigenvalue weighted by atomic mass is 10.2. The Bertz CT molecular complexity index is 456. The third-order valence-corrected chi connectivity index (χ3v) is 2.19. The van der Waals surface area contributed by atoms with Crippen LogP contribution in [0, 0.1) is 0 Å². The first-order valence-electron chi connectivity index (χ1n) is 5.18. The summed E-state index contributed by atoms with van der Waals surface area (Å²) in [6.45, 7) is 0.740. The Kier molecular flexibility index (Phi) is 5.32. The van der Waals surface area contributed by atoms with Gasteiger partial charge in [-0.15, -0.1) is 0 Å². The molecular formula is C12H12ClNO4. The van der Waals surface area contributed by atoms with Crippen LogP contribution in [-0.2, 0) is 14.3 Å². The molecule has 0 saturated heterocycles. The average molecular weight is 270 g/mol. The Morgan fingerprint density at radius 1 is 1.22 bits per heavy atom. The van der Waals surface area contributed by atoms with Crippen LogP contribution in [0.4, 0.5) is 0 Å². The zero-order valence-corrected chi connectivity index (χ0v) is 10.5. The lowest BCUT2D eigenvalue weighted by Gasteiger charge is -2.05. The van der Waals surface area contributed by atoms with Crippen LogP contribution in [-0.4, -0.2) is 30.8 Å². The first-order valence-corrected chi connectivity index (χ1v) is 5.55. The van der Waals surface area contributed by atoms with Crippen LogP contribution >= 0.6 is 11.6 Å². The molecule has 0 atom stereocenters. The summed E-state index contributed by atoms with van der Waals surface area (Å²) in [5, 5.41) is 2.89. The van der Waals surface area contributed by atoms with Crippen LogP contribution < -0.4 is 5.32 Å². The van der Waals surface area contributed by atoms with E-state index in [1.165, 1.54) is 6.92 Å². The minimum atomic E-state index is -0.660. The van der Waals surface area contributed by atoms with Gasteiger partial charge in [0.2, 0.25) is 0 Å². The van der Waals surface area contributed by atoms with Crippen molar-refractivity contribution in [3.8, 4) is 0 Å². The van der Waals surface area contributed by atoms with Gasteiger partial charge in [0.15, 0.2) is 5.78 Å². The molecule has 0 heterocycles. The first-order chi connectivity index (χ1) is 8.49. The molecule has 1 rings (SSSR count). The number of halogens is 1. The third-order valence-electron chi connectivity index (χ3n) is 1.94. The van der Waals surface area contributed by atoms with Crippen LogP contribution in [0.1, 0.15) is 17.3 Å². The Hall–Kier alpha value is -1.88. The van der Waals surface area contributed by atoms with Gasteiger partial charge in [-0.05, 0) is 31.2 Å². The highest BCUT2D eigenvalue weighted by atomic mass is 35.5. The van der Waals surface area contributed by atoms with E-state index in [1.807, 2.05) is 0 Å². The maximum absolute atomic E-state index is 11.6. The van der Waals surface area contributed by atoms with Crippen LogP contribution in [0.3, 0.4) is 0 Å².